The molecule has 106 valence electrons. The molecule has 0 N–H and O–H groups in total. The Kier molecular flexibility index (Phi) is 3.19. The highest BCUT2D eigenvalue weighted by molar-refractivity contribution is 6.01. The first-order valence-corrected chi connectivity index (χ1v) is 6.37. The summed E-state index contributed by atoms with van der Waals surface area (Å²) in [6.07, 6.45) is 0.962. The van der Waals surface area contributed by atoms with Gasteiger partial charge in [0.15, 0.2) is 0 Å². The van der Waals surface area contributed by atoms with E-state index in [1.165, 1.54) is 6.07 Å². The molecule has 2 saturated heterocycles. The predicted octanol–water partition coefficient (Wildman–Crippen LogP) is -1.70. The summed E-state index contributed by atoms with van der Waals surface area (Å²) >= 11 is 0. The van der Waals surface area contributed by atoms with Crippen LogP contribution >= 0.6 is 0 Å². The van der Waals surface area contributed by atoms with E-state index in [1.807, 2.05) is 0 Å². The molecule has 2 heterocycles. The number of carbonyl (C=O) groups excluding carboxylic acids is 2. The molecule has 0 spiro atoms. The number of epoxide rings is 2. The van der Waals surface area contributed by atoms with Crippen LogP contribution in [0, 0.1) is 0 Å². The van der Waals surface area contributed by atoms with Crippen molar-refractivity contribution in [3.8, 4) is 0 Å². The average Bonchev–Trinajstić information content (AvgIpc) is 3.24. The van der Waals surface area contributed by atoms with Crippen molar-refractivity contribution in [3.05, 3.63) is 34.4 Å². The van der Waals surface area contributed by atoms with Crippen LogP contribution in [0.15, 0.2) is 12.1 Å². The van der Waals surface area contributed by atoms with Crippen LogP contribution in [0.4, 0.5) is 0 Å². The maximum Gasteiger partial charge on any atom is 0.0850 e. The molecule has 0 saturated carbocycles. The van der Waals surface area contributed by atoms with E-state index in [9.17, 15) is 19.8 Å². The molecule has 2 aliphatic rings. The zero-order chi connectivity index (χ0) is 14.3. The molecule has 1 aromatic rings. The number of hydrogen-bond acceptors (Lipinski definition) is 6. The van der Waals surface area contributed by atoms with Crippen LogP contribution in [-0.2, 0) is 22.3 Å². The molecule has 1 aromatic carbocycles. The molecular formula is C14H12O6-2. The van der Waals surface area contributed by atoms with Gasteiger partial charge in [-0.25, -0.2) is 0 Å². The van der Waals surface area contributed by atoms with Gasteiger partial charge in [-0.15, -0.1) is 0 Å². The van der Waals surface area contributed by atoms with Crippen LogP contribution < -0.4 is 10.2 Å². The highest BCUT2D eigenvalue weighted by Gasteiger charge is 2.29. The fourth-order valence-electron chi connectivity index (χ4n) is 2.36. The van der Waals surface area contributed by atoms with E-state index in [1.54, 1.807) is 6.07 Å². The molecule has 2 atom stereocenters. The van der Waals surface area contributed by atoms with Crippen LogP contribution in [0.5, 0.6) is 0 Å². The molecule has 0 radical (unpaired) electrons. The molecule has 0 aromatic heterocycles. The van der Waals surface area contributed by atoms with Gasteiger partial charge in [0.1, 0.15) is 0 Å². The van der Waals surface area contributed by atoms with Crippen LogP contribution in [-0.4, -0.2) is 37.4 Å². The monoisotopic (exact) mass is 276 g/mol. The lowest BCUT2D eigenvalue weighted by atomic mass is 9.90. The predicted molar refractivity (Wildman–Crippen MR) is 62.0 cm³/mol. The number of benzene rings is 1. The summed E-state index contributed by atoms with van der Waals surface area (Å²) in [5, 5.41) is 22.4. The van der Waals surface area contributed by atoms with E-state index < -0.39 is 11.9 Å². The number of carboxylic acids is 2. The lowest BCUT2D eigenvalue weighted by Gasteiger charge is -2.19. The SMILES string of the molecule is O=C([O-])c1ccc(CC2CO2)c(CC2CO2)c1C(=O)[O-]. The quantitative estimate of drug-likeness (QED) is 0.573. The van der Waals surface area contributed by atoms with Crippen molar-refractivity contribution in [3.63, 3.8) is 0 Å². The summed E-state index contributed by atoms with van der Waals surface area (Å²) in [7, 11) is 0. The second kappa shape index (κ2) is 4.88. The van der Waals surface area contributed by atoms with E-state index in [2.05, 4.69) is 0 Å². The van der Waals surface area contributed by atoms with Crippen LogP contribution in [0.1, 0.15) is 31.8 Å². The van der Waals surface area contributed by atoms with Crippen molar-refractivity contribution in [2.24, 2.45) is 0 Å². The van der Waals surface area contributed by atoms with Gasteiger partial charge in [-0.3, -0.25) is 0 Å². The smallest absolute Gasteiger partial charge is 0.0850 e. The van der Waals surface area contributed by atoms with Gasteiger partial charge in [-0.2, -0.15) is 0 Å². The molecule has 20 heavy (non-hydrogen) atoms. The van der Waals surface area contributed by atoms with Crippen LogP contribution in [0.2, 0.25) is 0 Å². The fourth-order valence-corrected chi connectivity index (χ4v) is 2.36. The highest BCUT2D eigenvalue weighted by Crippen LogP contribution is 2.28. The molecule has 6 nitrogen and oxygen atoms in total. The minimum Gasteiger partial charge on any atom is -0.545 e. The van der Waals surface area contributed by atoms with Gasteiger partial charge in [-0.1, -0.05) is 12.1 Å². The Morgan fingerprint density at radius 2 is 1.65 bits per heavy atom. The Labute approximate surface area is 114 Å². The lowest BCUT2D eigenvalue weighted by molar-refractivity contribution is -0.259. The zero-order valence-electron chi connectivity index (χ0n) is 10.6. The molecular weight excluding hydrogens is 264 g/mol. The molecule has 0 bridgehead atoms. The van der Waals surface area contributed by atoms with Crippen molar-refractivity contribution in [2.75, 3.05) is 13.2 Å². The Morgan fingerprint density at radius 1 is 1.05 bits per heavy atom. The minimum absolute atomic E-state index is 0.0519. The van der Waals surface area contributed by atoms with Gasteiger partial charge >= 0.3 is 0 Å². The van der Waals surface area contributed by atoms with Crippen LogP contribution in [0.25, 0.3) is 0 Å². The molecule has 2 unspecified atom stereocenters. The van der Waals surface area contributed by atoms with Gasteiger partial charge in [0.2, 0.25) is 0 Å². The maximum absolute atomic E-state index is 11.3. The van der Waals surface area contributed by atoms with Gasteiger partial charge in [0, 0.05) is 24.0 Å². The van der Waals surface area contributed by atoms with E-state index in [0.717, 1.165) is 5.56 Å². The number of aromatic carboxylic acids is 2. The second-order valence-electron chi connectivity index (χ2n) is 5.02. The number of ether oxygens (including phenoxy) is 2. The van der Waals surface area contributed by atoms with Crippen molar-refractivity contribution >= 4 is 11.9 Å². The fraction of sp³-hybridized carbons (Fsp3) is 0.429. The molecule has 0 amide bonds. The van der Waals surface area contributed by atoms with Gasteiger partial charge in [-0.05, 0) is 11.1 Å². The number of carboxylic acid groups (broad SMARTS) is 2. The first-order valence-electron chi connectivity index (χ1n) is 6.37. The van der Waals surface area contributed by atoms with Crippen LogP contribution in [0.3, 0.4) is 0 Å². The van der Waals surface area contributed by atoms with Crippen molar-refractivity contribution in [1.29, 1.82) is 0 Å². The standard InChI is InChI=1S/C14H14O6/c15-13(16)10-2-1-7(3-8-5-19-8)11(4-9-6-20-9)12(10)14(17)18/h1-2,8-9H,3-6H2,(H,15,16)(H,17,18)/p-2. The lowest BCUT2D eigenvalue weighted by Crippen LogP contribution is -2.32. The highest BCUT2D eigenvalue weighted by atomic mass is 16.6. The summed E-state index contributed by atoms with van der Waals surface area (Å²) in [6, 6.07) is 2.88. The second-order valence-corrected chi connectivity index (χ2v) is 5.02. The number of rotatable bonds is 6. The summed E-state index contributed by atoms with van der Waals surface area (Å²) in [5.74, 6) is -3.02. The molecule has 3 rings (SSSR count). The Morgan fingerprint density at radius 3 is 2.15 bits per heavy atom. The number of hydrogen-bond donors (Lipinski definition) is 0. The minimum atomic E-state index is -1.52. The maximum atomic E-state index is 11.3. The third-order valence-corrected chi connectivity index (χ3v) is 3.52. The molecule has 0 aliphatic carbocycles. The van der Waals surface area contributed by atoms with Crippen molar-refractivity contribution in [2.45, 2.75) is 25.0 Å². The Balaban J connectivity index is 2.06. The summed E-state index contributed by atoms with van der Waals surface area (Å²) < 4.78 is 10.3. The van der Waals surface area contributed by atoms with E-state index in [4.69, 9.17) is 9.47 Å². The van der Waals surface area contributed by atoms with E-state index in [-0.39, 0.29) is 23.3 Å². The van der Waals surface area contributed by atoms with Gasteiger partial charge in [0.25, 0.3) is 0 Å². The van der Waals surface area contributed by atoms with Crippen molar-refractivity contribution < 1.29 is 29.3 Å². The summed E-state index contributed by atoms with van der Waals surface area (Å²) in [6.45, 7) is 1.20. The van der Waals surface area contributed by atoms with E-state index >= 15 is 0 Å². The third kappa shape index (κ3) is 2.66. The summed E-state index contributed by atoms with van der Waals surface area (Å²) in [5.41, 5.74) is 0.594. The van der Waals surface area contributed by atoms with Gasteiger partial charge < -0.3 is 29.3 Å². The molecule has 2 fully saturated rings. The largest absolute Gasteiger partial charge is 0.545 e. The van der Waals surface area contributed by atoms with Gasteiger partial charge in [0.05, 0.1) is 37.4 Å². The Bertz CT molecular complexity index is 571. The number of carbonyl (C=O) groups is 2. The first kappa shape index (κ1) is 13.1. The summed E-state index contributed by atoms with van der Waals surface area (Å²) in [4.78, 5) is 22.4. The molecule has 6 heteroatoms. The Hall–Kier alpha value is -1.92. The zero-order valence-corrected chi connectivity index (χ0v) is 10.6. The average molecular weight is 276 g/mol. The van der Waals surface area contributed by atoms with E-state index in [0.29, 0.717) is 31.6 Å². The van der Waals surface area contributed by atoms with Crippen molar-refractivity contribution in [1.82, 2.24) is 0 Å². The molecule has 2 aliphatic heterocycles. The topological polar surface area (TPSA) is 105 Å². The normalized spacial score (nSPS) is 23.4. The third-order valence-electron chi connectivity index (χ3n) is 3.52. The first-order chi connectivity index (χ1) is 9.56.